The number of nitro groups is 1. The van der Waals surface area contributed by atoms with Crippen LogP contribution in [0.3, 0.4) is 0 Å². The van der Waals surface area contributed by atoms with Crippen LogP contribution in [-0.4, -0.2) is 47.6 Å². The van der Waals surface area contributed by atoms with Gasteiger partial charge in [-0.3, -0.25) is 14.7 Å². The Morgan fingerprint density at radius 3 is 2.29 bits per heavy atom. The van der Waals surface area contributed by atoms with Gasteiger partial charge in [0.2, 0.25) is 12.3 Å². The van der Waals surface area contributed by atoms with Gasteiger partial charge in [-0.15, -0.1) is 10.2 Å². The first kappa shape index (κ1) is 22.4. The average Bonchev–Trinajstić information content (AvgIpc) is 3.11. The number of aryl methyl sites for hydroxylation is 2. The van der Waals surface area contributed by atoms with Crippen molar-refractivity contribution in [2.75, 3.05) is 27.9 Å². The van der Waals surface area contributed by atoms with Crippen LogP contribution in [0.15, 0.2) is 41.6 Å². The van der Waals surface area contributed by atoms with Gasteiger partial charge in [0.25, 0.3) is 0 Å². The fraction of sp³-hybridized carbons (Fsp3) is 0.333. The molecule has 0 fully saturated rings. The summed E-state index contributed by atoms with van der Waals surface area (Å²) >= 11 is 1.27. The van der Waals surface area contributed by atoms with Gasteiger partial charge in [0.05, 0.1) is 21.3 Å². The van der Waals surface area contributed by atoms with E-state index in [1.165, 1.54) is 33.1 Å². The molecule has 31 heavy (non-hydrogen) atoms. The summed E-state index contributed by atoms with van der Waals surface area (Å²) in [4.78, 5) is 11.1. The van der Waals surface area contributed by atoms with Gasteiger partial charge in [-0.2, -0.15) is 0 Å². The lowest BCUT2D eigenvalue weighted by Gasteiger charge is -2.18. The van der Waals surface area contributed by atoms with E-state index < -0.39 is 5.25 Å². The van der Waals surface area contributed by atoms with Crippen molar-refractivity contribution in [1.82, 2.24) is 14.8 Å². The van der Waals surface area contributed by atoms with Crippen LogP contribution >= 0.6 is 11.8 Å². The molecule has 0 aliphatic heterocycles. The van der Waals surface area contributed by atoms with Crippen molar-refractivity contribution in [2.24, 2.45) is 0 Å². The number of hydrogen-bond donors (Lipinski definition) is 0. The smallest absolute Gasteiger partial charge is 0.220 e. The van der Waals surface area contributed by atoms with Crippen LogP contribution in [0.2, 0.25) is 0 Å². The molecule has 1 atom stereocenters. The number of hydrogen-bond acceptors (Lipinski definition) is 8. The Labute approximate surface area is 184 Å². The number of aromatic nitrogens is 3. The first-order valence-corrected chi connectivity index (χ1v) is 10.3. The molecule has 9 nitrogen and oxygen atoms in total. The highest BCUT2D eigenvalue weighted by Crippen LogP contribution is 2.44. The highest BCUT2D eigenvalue weighted by Gasteiger charge is 2.26. The van der Waals surface area contributed by atoms with E-state index in [9.17, 15) is 10.1 Å². The Morgan fingerprint density at radius 2 is 1.74 bits per heavy atom. The van der Waals surface area contributed by atoms with Gasteiger partial charge >= 0.3 is 0 Å². The molecule has 0 bridgehead atoms. The van der Waals surface area contributed by atoms with Crippen molar-refractivity contribution in [3.05, 3.63) is 63.5 Å². The van der Waals surface area contributed by atoms with Crippen LogP contribution < -0.4 is 14.2 Å². The first-order chi connectivity index (χ1) is 14.9. The Morgan fingerprint density at radius 1 is 1.06 bits per heavy atom. The third-order valence-electron chi connectivity index (χ3n) is 4.68. The van der Waals surface area contributed by atoms with Crippen molar-refractivity contribution >= 4 is 11.8 Å². The molecule has 0 spiro atoms. The Balaban J connectivity index is 2.06. The van der Waals surface area contributed by atoms with Gasteiger partial charge in [0.15, 0.2) is 16.7 Å². The molecular formula is C21H24N4O5S. The van der Waals surface area contributed by atoms with Crippen LogP contribution in [-0.2, 0) is 0 Å². The fourth-order valence-electron chi connectivity index (χ4n) is 3.24. The molecule has 0 aliphatic carbocycles. The second-order valence-corrected chi connectivity index (χ2v) is 7.95. The number of nitrogens with zero attached hydrogens (tertiary/aromatic N) is 4. The maximum absolute atomic E-state index is 11.5. The Bertz CT molecular complexity index is 1060. The van der Waals surface area contributed by atoms with Crippen LogP contribution in [0.5, 0.6) is 17.2 Å². The van der Waals surface area contributed by atoms with E-state index in [4.69, 9.17) is 14.2 Å². The zero-order chi connectivity index (χ0) is 22.5. The SMILES string of the molecule is COc1cc([C@H](C[N+](=O)[O-])Sc2nnc(C)n2-c2cccc(C)c2)cc(OC)c1OC. The summed E-state index contributed by atoms with van der Waals surface area (Å²) < 4.78 is 18.1. The number of methoxy groups -OCH3 is 3. The predicted octanol–water partition coefficient (Wildman–Crippen LogP) is 4.02. The predicted molar refractivity (Wildman–Crippen MR) is 117 cm³/mol. The molecular weight excluding hydrogens is 420 g/mol. The fourth-order valence-corrected chi connectivity index (χ4v) is 4.40. The van der Waals surface area contributed by atoms with Crippen molar-refractivity contribution in [2.45, 2.75) is 24.3 Å². The normalized spacial score (nSPS) is 11.8. The number of rotatable bonds is 9. The molecule has 0 unspecified atom stereocenters. The number of ether oxygens (including phenoxy) is 3. The maximum Gasteiger partial charge on any atom is 0.220 e. The molecule has 10 heteroatoms. The molecule has 0 saturated heterocycles. The lowest BCUT2D eigenvalue weighted by atomic mass is 10.1. The third-order valence-corrected chi connectivity index (χ3v) is 5.86. The molecule has 3 aromatic rings. The maximum atomic E-state index is 11.5. The Kier molecular flexibility index (Phi) is 7.01. The molecule has 1 aromatic heterocycles. The molecule has 164 valence electrons. The summed E-state index contributed by atoms with van der Waals surface area (Å²) in [6, 6.07) is 11.4. The molecule has 3 rings (SSSR count). The van der Waals surface area contributed by atoms with Crippen LogP contribution in [0.25, 0.3) is 5.69 Å². The van der Waals surface area contributed by atoms with E-state index in [2.05, 4.69) is 10.2 Å². The molecule has 1 heterocycles. The molecule has 0 radical (unpaired) electrons. The van der Waals surface area contributed by atoms with Crippen LogP contribution in [0.1, 0.15) is 22.2 Å². The zero-order valence-electron chi connectivity index (χ0n) is 18.0. The van der Waals surface area contributed by atoms with Crippen molar-refractivity contribution in [1.29, 1.82) is 0 Å². The highest BCUT2D eigenvalue weighted by atomic mass is 32.2. The lowest BCUT2D eigenvalue weighted by molar-refractivity contribution is -0.479. The van der Waals surface area contributed by atoms with Crippen molar-refractivity contribution in [3.63, 3.8) is 0 Å². The summed E-state index contributed by atoms with van der Waals surface area (Å²) in [7, 11) is 4.53. The van der Waals surface area contributed by atoms with Crippen molar-refractivity contribution in [3.8, 4) is 22.9 Å². The van der Waals surface area contributed by atoms with E-state index in [-0.39, 0.29) is 11.5 Å². The Hall–Kier alpha value is -3.27. The summed E-state index contributed by atoms with van der Waals surface area (Å²) in [5.41, 5.74) is 2.65. The van der Waals surface area contributed by atoms with E-state index in [0.29, 0.717) is 33.8 Å². The van der Waals surface area contributed by atoms with Gasteiger partial charge in [-0.1, -0.05) is 23.9 Å². The van der Waals surface area contributed by atoms with Gasteiger partial charge < -0.3 is 14.2 Å². The number of thioether (sulfide) groups is 1. The lowest BCUT2D eigenvalue weighted by Crippen LogP contribution is -2.12. The minimum absolute atomic E-state index is 0.316. The van der Waals surface area contributed by atoms with Gasteiger partial charge in [-0.25, -0.2) is 0 Å². The second kappa shape index (κ2) is 9.69. The summed E-state index contributed by atoms with van der Waals surface area (Å²) in [5.74, 6) is 1.99. The monoisotopic (exact) mass is 444 g/mol. The zero-order valence-corrected chi connectivity index (χ0v) is 18.8. The summed E-state index contributed by atoms with van der Waals surface area (Å²) in [6.45, 7) is 3.53. The number of benzene rings is 2. The van der Waals surface area contributed by atoms with E-state index in [1.807, 2.05) is 42.7 Å². The summed E-state index contributed by atoms with van der Waals surface area (Å²) in [5, 5.41) is 19.9. The highest BCUT2D eigenvalue weighted by molar-refractivity contribution is 7.99. The molecule has 0 saturated carbocycles. The van der Waals surface area contributed by atoms with Crippen LogP contribution in [0.4, 0.5) is 0 Å². The first-order valence-electron chi connectivity index (χ1n) is 9.45. The molecule has 0 aliphatic rings. The molecule has 0 N–H and O–H groups in total. The van der Waals surface area contributed by atoms with E-state index in [1.54, 1.807) is 12.1 Å². The molecule has 2 aromatic carbocycles. The minimum Gasteiger partial charge on any atom is -0.493 e. The quantitative estimate of drug-likeness (QED) is 0.277. The molecule has 0 amide bonds. The second-order valence-electron chi connectivity index (χ2n) is 6.78. The van der Waals surface area contributed by atoms with E-state index >= 15 is 0 Å². The average molecular weight is 445 g/mol. The largest absolute Gasteiger partial charge is 0.493 e. The van der Waals surface area contributed by atoms with Crippen molar-refractivity contribution < 1.29 is 19.1 Å². The standard InChI is InChI=1S/C21H24N4O5S/c1-13-7-6-8-16(9-13)25-14(2)22-23-21(25)31-19(12-24(26)27)15-10-17(28-3)20(30-5)18(11-15)29-4/h6-11,19H,12H2,1-5H3/t19-/m0/s1. The topological polar surface area (TPSA) is 102 Å². The van der Waals surface area contributed by atoms with Gasteiger partial charge in [0, 0.05) is 10.6 Å². The minimum atomic E-state index is -0.559. The van der Waals surface area contributed by atoms with Gasteiger partial charge in [0.1, 0.15) is 11.1 Å². The van der Waals surface area contributed by atoms with E-state index in [0.717, 1.165) is 11.3 Å². The third kappa shape index (κ3) is 4.91. The van der Waals surface area contributed by atoms with Crippen LogP contribution in [0, 0.1) is 24.0 Å². The van der Waals surface area contributed by atoms with Gasteiger partial charge in [-0.05, 0) is 49.2 Å². The summed E-state index contributed by atoms with van der Waals surface area (Å²) in [6.07, 6.45) is 0.